The maximum atomic E-state index is 13.9. The van der Waals surface area contributed by atoms with Crippen LogP contribution in [0.15, 0.2) is 44.8 Å². The molecule has 4 heterocycles. The highest BCUT2D eigenvalue weighted by molar-refractivity contribution is 8.27. The quantitative estimate of drug-likeness (QED) is 0.332. The number of anilines is 2. The Balaban J connectivity index is 1.65. The van der Waals surface area contributed by atoms with E-state index in [9.17, 15) is 19.6 Å². The molecule has 0 N–H and O–H groups in total. The third-order valence-electron chi connectivity index (χ3n) is 7.95. The van der Waals surface area contributed by atoms with Gasteiger partial charge in [-0.1, -0.05) is 56.0 Å². The molecule has 2 aliphatic heterocycles. The first-order chi connectivity index (χ1) is 19.5. The number of thioether (sulfide) groups is 1. The molecular formula is C30H32N6O3S2. The number of amides is 1. The molecule has 2 aliphatic rings. The van der Waals surface area contributed by atoms with Gasteiger partial charge in [-0.15, -0.1) is 0 Å². The van der Waals surface area contributed by atoms with E-state index in [-0.39, 0.29) is 26.7 Å². The van der Waals surface area contributed by atoms with Crippen LogP contribution in [0.5, 0.6) is 0 Å². The average molecular weight is 589 g/mol. The SMILES string of the molecule is Cc1c(/C=C2\SC(=S)N(c3c(C)n(C)n(-c4ccccc4)c3=O)C2=O)c(N2CC(C)CC(C)C2)n(C)c(=O)c1C#N. The lowest BCUT2D eigenvalue weighted by molar-refractivity contribution is -0.113. The maximum absolute atomic E-state index is 13.9. The van der Waals surface area contributed by atoms with Gasteiger partial charge in [0.05, 0.1) is 16.3 Å². The third kappa shape index (κ3) is 4.75. The third-order valence-corrected chi connectivity index (χ3v) is 9.26. The lowest BCUT2D eigenvalue weighted by Gasteiger charge is -2.38. The van der Waals surface area contributed by atoms with E-state index in [0.717, 1.165) is 31.3 Å². The minimum Gasteiger partial charge on any atom is -0.357 e. The molecular weight excluding hydrogens is 557 g/mol. The van der Waals surface area contributed by atoms with Crippen molar-refractivity contribution in [1.29, 1.82) is 5.26 Å². The van der Waals surface area contributed by atoms with E-state index in [1.54, 1.807) is 38.7 Å². The summed E-state index contributed by atoms with van der Waals surface area (Å²) in [5, 5.41) is 9.82. The van der Waals surface area contributed by atoms with Gasteiger partial charge < -0.3 is 4.90 Å². The minimum atomic E-state index is -0.413. The molecule has 0 bridgehead atoms. The fourth-order valence-electron chi connectivity index (χ4n) is 6.03. The molecule has 0 spiro atoms. The summed E-state index contributed by atoms with van der Waals surface area (Å²) in [5.41, 5.74) is 1.96. The second kappa shape index (κ2) is 10.8. The van der Waals surface area contributed by atoms with Crippen LogP contribution in [0.25, 0.3) is 11.8 Å². The predicted molar refractivity (Wildman–Crippen MR) is 168 cm³/mol. The molecule has 9 nitrogen and oxygen atoms in total. The lowest BCUT2D eigenvalue weighted by atomic mass is 9.91. The molecule has 11 heteroatoms. The van der Waals surface area contributed by atoms with Crippen LogP contribution in [-0.2, 0) is 18.9 Å². The number of aromatic nitrogens is 3. The molecule has 2 unspecified atom stereocenters. The van der Waals surface area contributed by atoms with Gasteiger partial charge in [0.2, 0.25) is 0 Å². The van der Waals surface area contributed by atoms with Crippen LogP contribution in [0.4, 0.5) is 11.5 Å². The number of para-hydroxylation sites is 1. The number of nitriles is 1. The van der Waals surface area contributed by atoms with Crippen molar-refractivity contribution >= 4 is 51.8 Å². The molecule has 212 valence electrons. The van der Waals surface area contributed by atoms with Gasteiger partial charge in [-0.2, -0.15) is 5.26 Å². The van der Waals surface area contributed by atoms with Gasteiger partial charge in [-0.05, 0) is 55.9 Å². The topological polar surface area (TPSA) is 96.3 Å². The second-order valence-electron chi connectivity index (χ2n) is 11.0. The summed E-state index contributed by atoms with van der Waals surface area (Å²) < 4.78 is 4.99. The van der Waals surface area contributed by atoms with Crippen LogP contribution in [0.3, 0.4) is 0 Å². The Morgan fingerprint density at radius 2 is 1.66 bits per heavy atom. The van der Waals surface area contributed by atoms with Gasteiger partial charge in [-0.3, -0.25) is 28.5 Å². The Hall–Kier alpha value is -3.88. The van der Waals surface area contributed by atoms with Gasteiger partial charge in [0.15, 0.2) is 4.32 Å². The first-order valence-corrected chi connectivity index (χ1v) is 14.7. The Morgan fingerprint density at radius 1 is 1.02 bits per heavy atom. The number of carbonyl (C=O) groups is 1. The predicted octanol–water partition coefficient (Wildman–Crippen LogP) is 4.25. The zero-order valence-electron chi connectivity index (χ0n) is 24.0. The van der Waals surface area contributed by atoms with E-state index in [1.807, 2.05) is 30.3 Å². The summed E-state index contributed by atoms with van der Waals surface area (Å²) in [4.78, 5) is 44.6. The largest absolute Gasteiger partial charge is 0.357 e. The lowest BCUT2D eigenvalue weighted by Crippen LogP contribution is -2.42. The fraction of sp³-hybridized carbons (Fsp3) is 0.367. The van der Waals surface area contributed by atoms with Crippen LogP contribution in [0.2, 0.25) is 0 Å². The van der Waals surface area contributed by atoms with Gasteiger partial charge in [0.25, 0.3) is 17.0 Å². The number of hydrogen-bond donors (Lipinski definition) is 0. The van der Waals surface area contributed by atoms with Crippen LogP contribution >= 0.6 is 24.0 Å². The summed E-state index contributed by atoms with van der Waals surface area (Å²) in [6.07, 6.45) is 2.81. The van der Waals surface area contributed by atoms with E-state index in [2.05, 4.69) is 24.8 Å². The number of nitrogens with zero attached hydrogens (tertiary/aromatic N) is 6. The standard InChI is InChI=1S/C30H32N6O3S2/c1-17-12-18(2)16-34(15-17)26-22(19(3)23(14-31)27(37)32(26)5)13-24-28(38)35(30(40)41-24)25-20(4)33(6)36(29(25)39)21-10-8-7-9-11-21/h7-11,13,17-18H,12,15-16H2,1-6H3/b24-13-. The van der Waals surface area contributed by atoms with Crippen LogP contribution in [0, 0.1) is 37.0 Å². The van der Waals surface area contributed by atoms with Gasteiger partial charge in [0, 0.05) is 32.7 Å². The van der Waals surface area contributed by atoms with E-state index >= 15 is 0 Å². The van der Waals surface area contributed by atoms with E-state index in [4.69, 9.17) is 12.2 Å². The van der Waals surface area contributed by atoms with E-state index in [0.29, 0.717) is 45.1 Å². The number of hydrogen-bond acceptors (Lipinski definition) is 7. The van der Waals surface area contributed by atoms with E-state index < -0.39 is 5.91 Å². The smallest absolute Gasteiger partial charge is 0.296 e. The second-order valence-corrected chi connectivity index (χ2v) is 12.7. The molecule has 1 aromatic carbocycles. The Labute approximate surface area is 248 Å². The summed E-state index contributed by atoms with van der Waals surface area (Å²) in [5.74, 6) is 1.11. The Kier molecular flexibility index (Phi) is 7.57. The number of thiocarbonyl (C=S) groups is 1. The van der Waals surface area contributed by atoms with Crippen molar-refractivity contribution in [2.24, 2.45) is 25.9 Å². The van der Waals surface area contributed by atoms with Crippen molar-refractivity contribution in [1.82, 2.24) is 13.9 Å². The minimum absolute atomic E-state index is 0.0423. The normalized spacial score (nSPS) is 20.3. The zero-order valence-corrected chi connectivity index (χ0v) is 25.6. The summed E-state index contributed by atoms with van der Waals surface area (Å²) in [7, 11) is 3.44. The molecule has 2 atom stereocenters. The summed E-state index contributed by atoms with van der Waals surface area (Å²) >= 11 is 6.76. The zero-order chi connectivity index (χ0) is 29.7. The first kappa shape index (κ1) is 28.6. The van der Waals surface area contributed by atoms with Crippen molar-refractivity contribution in [2.45, 2.75) is 34.1 Å². The number of pyridine rings is 1. The number of rotatable bonds is 4. The van der Waals surface area contributed by atoms with Crippen LogP contribution in [-0.4, -0.2) is 37.2 Å². The highest BCUT2D eigenvalue weighted by Crippen LogP contribution is 2.39. The number of carbonyl (C=O) groups excluding carboxylic acids is 1. The summed E-state index contributed by atoms with van der Waals surface area (Å²) in [6, 6.07) is 11.3. The highest BCUT2D eigenvalue weighted by atomic mass is 32.2. The fourth-order valence-corrected chi connectivity index (χ4v) is 7.29. The van der Waals surface area contributed by atoms with Gasteiger partial charge in [-0.25, -0.2) is 4.68 Å². The molecule has 0 saturated carbocycles. The number of piperidine rings is 1. The molecule has 1 amide bonds. The molecule has 5 rings (SSSR count). The molecule has 41 heavy (non-hydrogen) atoms. The Bertz CT molecular complexity index is 1770. The molecule has 0 aliphatic carbocycles. The van der Waals surface area contributed by atoms with Crippen molar-refractivity contribution in [3.8, 4) is 11.8 Å². The highest BCUT2D eigenvalue weighted by Gasteiger charge is 2.38. The van der Waals surface area contributed by atoms with Gasteiger partial charge in [0.1, 0.15) is 23.1 Å². The van der Waals surface area contributed by atoms with Crippen molar-refractivity contribution in [3.05, 3.63) is 78.3 Å². The van der Waals surface area contributed by atoms with Crippen LogP contribution < -0.4 is 20.9 Å². The molecule has 2 saturated heterocycles. The Morgan fingerprint density at radius 3 is 2.27 bits per heavy atom. The summed E-state index contributed by atoms with van der Waals surface area (Å²) in [6.45, 7) is 9.41. The van der Waals surface area contributed by atoms with Crippen molar-refractivity contribution in [2.75, 3.05) is 22.9 Å². The van der Waals surface area contributed by atoms with Gasteiger partial charge >= 0.3 is 0 Å². The molecule has 3 aromatic rings. The van der Waals surface area contributed by atoms with Crippen LogP contribution in [0.1, 0.15) is 42.7 Å². The average Bonchev–Trinajstić information content (AvgIpc) is 3.32. The van der Waals surface area contributed by atoms with Crippen molar-refractivity contribution in [3.63, 3.8) is 0 Å². The van der Waals surface area contributed by atoms with E-state index in [1.165, 1.54) is 14.1 Å². The molecule has 0 radical (unpaired) electrons. The number of benzene rings is 1. The molecule has 2 fully saturated rings. The monoisotopic (exact) mass is 588 g/mol. The first-order valence-electron chi connectivity index (χ1n) is 13.5. The maximum Gasteiger partial charge on any atom is 0.296 e. The molecule has 2 aromatic heterocycles. The van der Waals surface area contributed by atoms with Crippen molar-refractivity contribution < 1.29 is 4.79 Å².